The Bertz CT molecular complexity index is 3.25. The molecule has 0 spiro atoms. The molecule has 0 aliphatic carbocycles. The Morgan fingerprint density at radius 1 is 0.500 bits per heavy atom. The van der Waals surface area contributed by atoms with E-state index in [0.29, 0.717) is 0 Å². The summed E-state index contributed by atoms with van der Waals surface area (Å²) in [6, 6.07) is 0. The maximum absolute atomic E-state index is 0. The molecule has 0 aromatic heterocycles. The molecule has 0 bridgehead atoms. The van der Waals surface area contributed by atoms with E-state index in [9.17, 15) is 0 Å². The van der Waals surface area contributed by atoms with Gasteiger partial charge >= 0.3 is 22.4 Å². The van der Waals surface area contributed by atoms with E-state index in [-0.39, 0.29) is 36.5 Å². The summed E-state index contributed by atoms with van der Waals surface area (Å²) in [6.07, 6.45) is 0. The van der Waals surface area contributed by atoms with Crippen molar-refractivity contribution in [2.45, 2.75) is 0 Å². The van der Waals surface area contributed by atoms with Crippen LogP contribution in [0.3, 0.4) is 0 Å². The van der Waals surface area contributed by atoms with Crippen LogP contribution < -0.4 is 14.1 Å². The van der Waals surface area contributed by atoms with Crippen LogP contribution in [0.2, 0.25) is 0 Å². The van der Waals surface area contributed by atoms with Gasteiger partial charge in [-0.2, -0.15) is 0 Å². The van der Waals surface area contributed by atoms with Crippen LogP contribution in [-0.4, -0.2) is 0 Å². The molecule has 0 nitrogen and oxygen atoms in total. The summed E-state index contributed by atoms with van der Waals surface area (Å²) < 4.78 is 0. The van der Waals surface area contributed by atoms with Gasteiger partial charge in [-0.25, -0.2) is 0 Å². The van der Waals surface area contributed by atoms with Crippen LogP contribution in [-0.2, 0) is 22.4 Å². The van der Waals surface area contributed by atoms with Crippen LogP contribution in [0.5, 0.6) is 0 Å². The summed E-state index contributed by atoms with van der Waals surface area (Å²) in [5.74, 6) is 0. The van der Waals surface area contributed by atoms with Gasteiger partial charge in [0.15, 0.2) is 0 Å². The van der Waals surface area contributed by atoms with Crippen molar-refractivity contribution in [3.05, 3.63) is 0 Å². The molecule has 0 aromatic carbocycles. The van der Waals surface area contributed by atoms with Gasteiger partial charge in [-0.3, -0.25) is 0 Å². The maximum atomic E-state index is 0. The molecule has 0 rings (SSSR count). The number of halogens is 3. The quantitative estimate of drug-likeness (QED) is 0.301. The Hall–Kier alpha value is 0.530. The minimum Gasteiger partial charge on any atom is -1.00 e. The predicted molar refractivity (Wildman–Crippen MR) is 0 cm³/mol. The monoisotopic (exact) mass is 150 g/mol. The first-order chi connectivity index (χ1) is 0. The molecule has 0 heterocycles. The second-order valence-electron chi connectivity index (χ2n) is 0. The first kappa shape index (κ1) is 201. The molecule has 26 valence electrons. The van der Waals surface area contributed by atoms with Gasteiger partial charge in [0.1, 0.15) is 0 Å². The van der Waals surface area contributed by atoms with Gasteiger partial charge in [0.25, 0.3) is 0 Å². The van der Waals surface area contributed by atoms with E-state index in [1.807, 2.05) is 0 Å². The van der Waals surface area contributed by atoms with E-state index in [1.54, 1.807) is 0 Å². The van der Waals surface area contributed by atoms with Crippen LogP contribution >= 0.6 is 0 Å². The standard InChI is InChI=1S/3FH.Nb/h3*1H;/q;;;+3/p-3. The number of hydrogen-bond donors (Lipinski definition) is 0. The molecular weight excluding hydrogens is 150 g/mol. The summed E-state index contributed by atoms with van der Waals surface area (Å²) in [5.41, 5.74) is 0. The SMILES string of the molecule is [F-].[F-].[F-].[Nb+3]. The summed E-state index contributed by atoms with van der Waals surface area (Å²) in [6.45, 7) is 0. The molecular formula is F3Nb. The van der Waals surface area contributed by atoms with Crippen LogP contribution in [0.4, 0.5) is 0 Å². The van der Waals surface area contributed by atoms with Gasteiger partial charge in [-0.05, 0) is 0 Å². The number of rotatable bonds is 0. The van der Waals surface area contributed by atoms with Crippen LogP contribution in [0.15, 0.2) is 0 Å². The Morgan fingerprint density at radius 3 is 0.500 bits per heavy atom. The molecule has 0 aliphatic heterocycles. The Kier molecular flexibility index (Phi) is 4040. The van der Waals surface area contributed by atoms with E-state index in [4.69, 9.17) is 0 Å². The zero-order valence-corrected chi connectivity index (χ0v) is 3.78. The Morgan fingerprint density at radius 2 is 0.500 bits per heavy atom. The average Bonchev–Trinajstić information content (AvgIpc) is 0. The van der Waals surface area contributed by atoms with Crippen LogP contribution in [0, 0.1) is 0 Å². The third-order valence-corrected chi connectivity index (χ3v) is 0. The second-order valence-corrected chi connectivity index (χ2v) is 0. The van der Waals surface area contributed by atoms with Gasteiger partial charge in [0.05, 0.1) is 0 Å². The van der Waals surface area contributed by atoms with E-state index >= 15 is 0 Å². The topological polar surface area (TPSA) is 0 Å². The normalized spacial score (nSPS) is 0. The van der Waals surface area contributed by atoms with Crippen LogP contribution in [0.1, 0.15) is 0 Å². The zero-order valence-electron chi connectivity index (χ0n) is 1.58. The molecule has 0 saturated heterocycles. The molecule has 0 aliphatic rings. The number of hydrogen-bond acceptors (Lipinski definition) is 0. The van der Waals surface area contributed by atoms with Crippen molar-refractivity contribution >= 4 is 0 Å². The molecule has 0 aromatic rings. The fourth-order valence-corrected chi connectivity index (χ4v) is 0. The maximum Gasteiger partial charge on any atom is 3.00 e. The van der Waals surface area contributed by atoms with E-state index < -0.39 is 0 Å². The van der Waals surface area contributed by atoms with Gasteiger partial charge in [0.2, 0.25) is 0 Å². The summed E-state index contributed by atoms with van der Waals surface area (Å²) in [7, 11) is 0. The minimum atomic E-state index is 0. The molecule has 4 heteroatoms. The second kappa shape index (κ2) is 80.4. The fourth-order valence-electron chi connectivity index (χ4n) is 0. The van der Waals surface area contributed by atoms with Crippen molar-refractivity contribution in [2.75, 3.05) is 0 Å². The van der Waals surface area contributed by atoms with Gasteiger partial charge in [-0.15, -0.1) is 0 Å². The van der Waals surface area contributed by atoms with Crippen LogP contribution in [0.25, 0.3) is 0 Å². The Labute approximate surface area is 37.2 Å². The molecule has 0 radical (unpaired) electrons. The molecule has 0 N–H and O–H groups in total. The molecule has 0 saturated carbocycles. The summed E-state index contributed by atoms with van der Waals surface area (Å²) in [5, 5.41) is 0. The first-order valence-corrected chi connectivity index (χ1v) is 0. The fraction of sp³-hybridized carbons (Fsp3) is 0. The van der Waals surface area contributed by atoms with Gasteiger partial charge < -0.3 is 14.1 Å². The van der Waals surface area contributed by atoms with Crippen molar-refractivity contribution in [1.29, 1.82) is 0 Å². The molecule has 0 atom stereocenters. The smallest absolute Gasteiger partial charge is 1.00 e. The van der Waals surface area contributed by atoms with Crippen molar-refractivity contribution in [3.63, 3.8) is 0 Å². The first-order valence-electron chi connectivity index (χ1n) is 0. The molecule has 0 amide bonds. The third-order valence-electron chi connectivity index (χ3n) is 0. The molecule has 4 heavy (non-hydrogen) atoms. The van der Waals surface area contributed by atoms with Crippen molar-refractivity contribution in [3.8, 4) is 0 Å². The van der Waals surface area contributed by atoms with Crippen molar-refractivity contribution in [1.82, 2.24) is 0 Å². The summed E-state index contributed by atoms with van der Waals surface area (Å²) >= 11 is 0. The van der Waals surface area contributed by atoms with Gasteiger partial charge in [0, 0.05) is 0 Å². The minimum absolute atomic E-state index is 0. The van der Waals surface area contributed by atoms with Crippen molar-refractivity contribution < 1.29 is 36.5 Å². The van der Waals surface area contributed by atoms with E-state index in [1.165, 1.54) is 0 Å². The predicted octanol–water partition coefficient (Wildman–Crippen LogP) is -8.99. The van der Waals surface area contributed by atoms with E-state index in [0.717, 1.165) is 0 Å². The average molecular weight is 150 g/mol. The van der Waals surface area contributed by atoms with E-state index in [2.05, 4.69) is 0 Å². The summed E-state index contributed by atoms with van der Waals surface area (Å²) in [4.78, 5) is 0. The van der Waals surface area contributed by atoms with Gasteiger partial charge in [-0.1, -0.05) is 0 Å². The molecule has 0 fully saturated rings. The zero-order chi connectivity index (χ0) is 0. The third kappa shape index (κ3) is 21.1. The van der Waals surface area contributed by atoms with Crippen molar-refractivity contribution in [2.24, 2.45) is 0 Å². The Balaban J connectivity index is 0. The molecule has 0 unspecified atom stereocenters. The largest absolute Gasteiger partial charge is 3.00 e.